The van der Waals surface area contributed by atoms with E-state index in [1.54, 1.807) is 38.6 Å². The molecule has 0 radical (unpaired) electrons. The largest absolute Gasteiger partial charge is 0.493 e. The third-order valence-electron chi connectivity index (χ3n) is 2.98. The van der Waals surface area contributed by atoms with E-state index in [1.807, 2.05) is 6.07 Å². The van der Waals surface area contributed by atoms with Crippen LogP contribution in [0.4, 0.5) is 0 Å². The summed E-state index contributed by atoms with van der Waals surface area (Å²) in [6.07, 6.45) is 1.64. The maximum Gasteiger partial charge on any atom is 0.185 e. The van der Waals surface area contributed by atoms with Crippen LogP contribution in [0.15, 0.2) is 30.5 Å². The van der Waals surface area contributed by atoms with Crippen LogP contribution in [0.3, 0.4) is 0 Å². The molecule has 2 rings (SSSR count). The third kappa shape index (κ3) is 3.56. The van der Waals surface area contributed by atoms with Gasteiger partial charge in [-0.1, -0.05) is 17.7 Å². The van der Waals surface area contributed by atoms with Crippen molar-refractivity contribution in [3.63, 3.8) is 0 Å². The van der Waals surface area contributed by atoms with E-state index < -0.39 is 0 Å². The Hall–Kier alpha value is -1.98. The van der Waals surface area contributed by atoms with Gasteiger partial charge in [-0.15, -0.1) is 0 Å². The standard InChI is InChI=1S/C15H17ClN2O3/c1-19-13-5-6-18-12(15(13)20-2)9-21-14-7-11(16)4-3-10(14)8-17/h3-7H,8-9,17H2,1-2H3. The highest BCUT2D eigenvalue weighted by atomic mass is 35.5. The van der Waals surface area contributed by atoms with Crippen molar-refractivity contribution in [2.75, 3.05) is 14.2 Å². The van der Waals surface area contributed by atoms with Crippen molar-refractivity contribution < 1.29 is 14.2 Å². The number of rotatable bonds is 6. The van der Waals surface area contributed by atoms with E-state index in [1.165, 1.54) is 0 Å². The van der Waals surface area contributed by atoms with E-state index in [4.69, 9.17) is 31.5 Å². The van der Waals surface area contributed by atoms with Crippen LogP contribution in [-0.4, -0.2) is 19.2 Å². The van der Waals surface area contributed by atoms with Crippen molar-refractivity contribution in [3.8, 4) is 17.2 Å². The third-order valence-corrected chi connectivity index (χ3v) is 3.21. The van der Waals surface area contributed by atoms with Gasteiger partial charge in [-0.05, 0) is 12.1 Å². The Kier molecular flexibility index (Phi) is 5.25. The molecule has 0 fully saturated rings. The zero-order chi connectivity index (χ0) is 15.2. The molecule has 0 atom stereocenters. The molecule has 0 spiro atoms. The molecule has 0 unspecified atom stereocenters. The van der Waals surface area contributed by atoms with Gasteiger partial charge >= 0.3 is 0 Å². The second kappa shape index (κ2) is 7.15. The van der Waals surface area contributed by atoms with Crippen LogP contribution in [0.2, 0.25) is 5.02 Å². The Balaban J connectivity index is 2.22. The lowest BCUT2D eigenvalue weighted by Crippen LogP contribution is -2.06. The molecule has 6 heteroatoms. The van der Waals surface area contributed by atoms with Crippen LogP contribution in [0.5, 0.6) is 17.2 Å². The van der Waals surface area contributed by atoms with Crippen molar-refractivity contribution in [1.29, 1.82) is 0 Å². The topological polar surface area (TPSA) is 66.6 Å². The summed E-state index contributed by atoms with van der Waals surface area (Å²) in [5.41, 5.74) is 7.20. The van der Waals surface area contributed by atoms with E-state index in [2.05, 4.69) is 4.98 Å². The Labute approximate surface area is 128 Å². The maximum atomic E-state index is 5.98. The smallest absolute Gasteiger partial charge is 0.185 e. The molecule has 112 valence electrons. The molecule has 0 saturated carbocycles. The summed E-state index contributed by atoms with van der Waals surface area (Å²) in [7, 11) is 3.14. The molecule has 2 N–H and O–H groups in total. The Morgan fingerprint density at radius 1 is 1.14 bits per heavy atom. The summed E-state index contributed by atoms with van der Waals surface area (Å²) in [5, 5.41) is 0.591. The first kappa shape index (κ1) is 15.4. The molecular formula is C15H17ClN2O3. The second-order valence-corrected chi connectivity index (χ2v) is 4.67. The molecule has 1 heterocycles. The Morgan fingerprint density at radius 2 is 1.95 bits per heavy atom. The minimum atomic E-state index is 0.230. The number of benzene rings is 1. The summed E-state index contributed by atoms with van der Waals surface area (Å²) >= 11 is 5.98. The fraction of sp³-hybridized carbons (Fsp3) is 0.267. The van der Waals surface area contributed by atoms with Crippen molar-refractivity contribution in [2.45, 2.75) is 13.2 Å². The van der Waals surface area contributed by atoms with Gasteiger partial charge in [0.25, 0.3) is 0 Å². The summed E-state index contributed by atoms with van der Waals surface area (Å²) in [5.74, 6) is 1.80. The number of ether oxygens (including phenoxy) is 3. The lowest BCUT2D eigenvalue weighted by molar-refractivity contribution is 0.282. The van der Waals surface area contributed by atoms with Gasteiger partial charge in [0.05, 0.1) is 14.2 Å². The summed E-state index contributed by atoms with van der Waals surface area (Å²) in [6, 6.07) is 7.08. The van der Waals surface area contributed by atoms with E-state index in [9.17, 15) is 0 Å². The average Bonchev–Trinajstić information content (AvgIpc) is 2.52. The number of pyridine rings is 1. The molecule has 0 aliphatic carbocycles. The van der Waals surface area contributed by atoms with Gasteiger partial charge in [-0.2, -0.15) is 0 Å². The van der Waals surface area contributed by atoms with E-state index in [0.717, 1.165) is 5.56 Å². The van der Waals surface area contributed by atoms with Crippen molar-refractivity contribution in [3.05, 3.63) is 46.7 Å². The van der Waals surface area contributed by atoms with Crippen LogP contribution in [0, 0.1) is 0 Å². The predicted molar refractivity (Wildman–Crippen MR) is 81.0 cm³/mol. The van der Waals surface area contributed by atoms with Gasteiger partial charge in [-0.25, -0.2) is 0 Å². The van der Waals surface area contributed by atoms with Crippen LogP contribution in [-0.2, 0) is 13.2 Å². The average molecular weight is 309 g/mol. The molecule has 0 bridgehead atoms. The number of nitrogens with zero attached hydrogens (tertiary/aromatic N) is 1. The van der Waals surface area contributed by atoms with Crippen LogP contribution >= 0.6 is 11.6 Å². The molecule has 2 aromatic rings. The van der Waals surface area contributed by atoms with Crippen LogP contribution in [0.25, 0.3) is 0 Å². The summed E-state index contributed by atoms with van der Waals surface area (Å²) in [6.45, 7) is 0.600. The minimum absolute atomic E-state index is 0.230. The summed E-state index contributed by atoms with van der Waals surface area (Å²) in [4.78, 5) is 4.26. The van der Waals surface area contributed by atoms with E-state index >= 15 is 0 Å². The van der Waals surface area contributed by atoms with Gasteiger partial charge in [0, 0.05) is 29.4 Å². The maximum absolute atomic E-state index is 5.98. The fourth-order valence-corrected chi connectivity index (χ4v) is 2.09. The highest BCUT2D eigenvalue weighted by Crippen LogP contribution is 2.30. The van der Waals surface area contributed by atoms with Crippen LogP contribution in [0.1, 0.15) is 11.3 Å². The first-order valence-corrected chi connectivity index (χ1v) is 6.74. The lowest BCUT2D eigenvalue weighted by Gasteiger charge is -2.14. The number of hydrogen-bond acceptors (Lipinski definition) is 5. The van der Waals surface area contributed by atoms with Crippen molar-refractivity contribution >= 4 is 11.6 Å². The number of aromatic nitrogens is 1. The zero-order valence-corrected chi connectivity index (χ0v) is 12.7. The number of methoxy groups -OCH3 is 2. The molecule has 0 aliphatic heterocycles. The first-order valence-electron chi connectivity index (χ1n) is 6.36. The molecule has 5 nitrogen and oxygen atoms in total. The molecule has 1 aromatic carbocycles. The van der Waals surface area contributed by atoms with Gasteiger partial charge < -0.3 is 19.9 Å². The van der Waals surface area contributed by atoms with Gasteiger partial charge in [0.15, 0.2) is 11.5 Å². The number of hydrogen-bond donors (Lipinski definition) is 1. The number of halogens is 1. The second-order valence-electron chi connectivity index (χ2n) is 4.24. The molecule has 1 aromatic heterocycles. The minimum Gasteiger partial charge on any atom is -0.493 e. The quantitative estimate of drug-likeness (QED) is 0.889. The molecule has 0 saturated heterocycles. The van der Waals surface area contributed by atoms with Gasteiger partial charge in [0.1, 0.15) is 18.1 Å². The fourth-order valence-electron chi connectivity index (χ4n) is 1.93. The SMILES string of the molecule is COc1ccnc(COc2cc(Cl)ccc2CN)c1OC. The number of nitrogens with two attached hydrogens (primary N) is 1. The zero-order valence-electron chi connectivity index (χ0n) is 11.9. The molecule has 21 heavy (non-hydrogen) atoms. The normalized spacial score (nSPS) is 10.3. The van der Waals surface area contributed by atoms with Gasteiger partial charge in [-0.3, -0.25) is 4.98 Å². The molecule has 0 amide bonds. The monoisotopic (exact) mass is 308 g/mol. The highest BCUT2D eigenvalue weighted by Gasteiger charge is 2.12. The Morgan fingerprint density at radius 3 is 2.62 bits per heavy atom. The van der Waals surface area contributed by atoms with E-state index in [0.29, 0.717) is 34.5 Å². The van der Waals surface area contributed by atoms with Crippen LogP contribution < -0.4 is 19.9 Å². The van der Waals surface area contributed by atoms with Gasteiger partial charge in [0.2, 0.25) is 0 Å². The first-order chi connectivity index (χ1) is 10.2. The van der Waals surface area contributed by atoms with E-state index in [-0.39, 0.29) is 6.61 Å². The summed E-state index contributed by atoms with van der Waals surface area (Å²) < 4.78 is 16.3. The Bertz CT molecular complexity index is 620. The van der Waals surface area contributed by atoms with Crippen molar-refractivity contribution in [2.24, 2.45) is 5.73 Å². The predicted octanol–water partition coefficient (Wildman–Crippen LogP) is 2.79. The highest BCUT2D eigenvalue weighted by molar-refractivity contribution is 6.30. The molecule has 0 aliphatic rings. The lowest BCUT2D eigenvalue weighted by atomic mass is 10.2. The molecular weight excluding hydrogens is 292 g/mol. The van der Waals surface area contributed by atoms with Crippen molar-refractivity contribution in [1.82, 2.24) is 4.98 Å².